The molecule has 0 unspecified atom stereocenters. The Morgan fingerprint density at radius 1 is 1.58 bits per heavy atom. The minimum atomic E-state index is 0.0578. The fourth-order valence-electron chi connectivity index (χ4n) is 2.74. The van der Waals surface area contributed by atoms with Crippen LogP contribution in [0, 0.1) is 5.41 Å². The maximum atomic E-state index is 9.32. The van der Waals surface area contributed by atoms with E-state index in [4.69, 9.17) is 5.41 Å². The third-order valence-corrected chi connectivity index (χ3v) is 3.44. The Morgan fingerprint density at radius 3 is 3.08 bits per heavy atom. The van der Waals surface area contributed by atoms with E-state index < -0.39 is 0 Å². The molecule has 0 aromatic heterocycles. The molecule has 2 rings (SSSR count). The molecule has 2 aliphatic rings. The summed E-state index contributed by atoms with van der Waals surface area (Å²) in [5.41, 5.74) is 0.0578. The first kappa shape index (κ1) is 8.20. The van der Waals surface area contributed by atoms with Crippen LogP contribution in [0.3, 0.4) is 0 Å². The van der Waals surface area contributed by atoms with Gasteiger partial charge in [0.2, 0.25) is 0 Å². The average molecular weight is 168 g/mol. The monoisotopic (exact) mass is 168 g/mol. The summed E-state index contributed by atoms with van der Waals surface area (Å²) in [5.74, 6) is 0. The van der Waals surface area contributed by atoms with E-state index in [1.54, 1.807) is 0 Å². The van der Waals surface area contributed by atoms with Crippen molar-refractivity contribution in [3.05, 3.63) is 0 Å². The predicted octanol–water partition coefficient (Wildman–Crippen LogP) is 0.625. The van der Waals surface area contributed by atoms with E-state index in [1.165, 1.54) is 12.6 Å². The zero-order valence-electron chi connectivity index (χ0n) is 7.29. The Hall–Kier alpha value is -0.410. The fraction of sp³-hybridized carbons (Fsp3) is 0.889. The lowest BCUT2D eigenvalue weighted by atomic mass is 9.95. The Balaban J connectivity index is 2.19. The summed E-state index contributed by atoms with van der Waals surface area (Å²) in [4.78, 5) is 2.32. The molecule has 2 N–H and O–H groups in total. The van der Waals surface area contributed by atoms with E-state index in [-0.39, 0.29) is 12.1 Å². The van der Waals surface area contributed by atoms with Crippen molar-refractivity contribution in [3.63, 3.8) is 0 Å². The van der Waals surface area contributed by atoms with Crippen LogP contribution >= 0.6 is 0 Å². The quantitative estimate of drug-likeness (QED) is 0.594. The van der Waals surface area contributed by atoms with Gasteiger partial charge in [0.05, 0.1) is 6.61 Å². The lowest BCUT2D eigenvalue weighted by Gasteiger charge is -2.31. The maximum Gasteiger partial charge on any atom is 0.0615 e. The molecule has 3 nitrogen and oxygen atoms in total. The number of nitrogens with one attached hydrogen (secondary N) is 1. The van der Waals surface area contributed by atoms with Crippen LogP contribution in [0.1, 0.15) is 25.7 Å². The summed E-state index contributed by atoms with van der Waals surface area (Å²) >= 11 is 0. The lowest BCUT2D eigenvalue weighted by molar-refractivity contribution is 0.0914. The Bertz CT molecular complexity index is 195. The van der Waals surface area contributed by atoms with Gasteiger partial charge in [0.1, 0.15) is 0 Å². The van der Waals surface area contributed by atoms with Crippen molar-refractivity contribution in [2.45, 2.75) is 37.3 Å². The summed E-state index contributed by atoms with van der Waals surface area (Å²) in [6.07, 6.45) is 5.97. The van der Waals surface area contributed by atoms with Crippen LogP contribution in [0.2, 0.25) is 0 Å². The van der Waals surface area contributed by atoms with Gasteiger partial charge in [-0.2, -0.15) is 0 Å². The maximum absolute atomic E-state index is 9.32. The van der Waals surface area contributed by atoms with E-state index in [2.05, 4.69) is 4.90 Å². The van der Waals surface area contributed by atoms with Gasteiger partial charge in [-0.3, -0.25) is 4.90 Å². The van der Waals surface area contributed by atoms with Gasteiger partial charge in [-0.05, 0) is 32.2 Å². The third kappa shape index (κ3) is 0.930. The molecule has 68 valence electrons. The molecular weight excluding hydrogens is 152 g/mol. The first-order chi connectivity index (χ1) is 5.82. The van der Waals surface area contributed by atoms with Gasteiger partial charge in [0.25, 0.3) is 0 Å². The van der Waals surface area contributed by atoms with Crippen LogP contribution in [0.15, 0.2) is 0 Å². The van der Waals surface area contributed by atoms with E-state index in [1.807, 2.05) is 0 Å². The molecule has 2 heterocycles. The second-order valence-corrected chi connectivity index (χ2v) is 3.95. The molecule has 2 aliphatic heterocycles. The minimum Gasteiger partial charge on any atom is -0.394 e. The largest absolute Gasteiger partial charge is 0.394 e. The molecule has 0 radical (unpaired) electrons. The van der Waals surface area contributed by atoms with Crippen molar-refractivity contribution in [2.75, 3.05) is 13.2 Å². The number of nitrogens with zero attached hydrogens (tertiary/aromatic N) is 1. The molecule has 0 spiro atoms. The van der Waals surface area contributed by atoms with Gasteiger partial charge in [-0.25, -0.2) is 0 Å². The number of hydrogen-bond acceptors (Lipinski definition) is 3. The van der Waals surface area contributed by atoms with Crippen LogP contribution in [0.4, 0.5) is 0 Å². The van der Waals surface area contributed by atoms with E-state index in [0.717, 1.165) is 25.8 Å². The van der Waals surface area contributed by atoms with Crippen molar-refractivity contribution in [3.8, 4) is 0 Å². The number of hydrogen-bond donors (Lipinski definition) is 2. The highest BCUT2D eigenvalue weighted by molar-refractivity contribution is 5.61. The molecule has 0 aromatic carbocycles. The summed E-state index contributed by atoms with van der Waals surface area (Å²) in [5, 5.41) is 16.6. The van der Waals surface area contributed by atoms with Gasteiger partial charge in [-0.15, -0.1) is 0 Å². The Labute approximate surface area is 72.9 Å². The Kier molecular flexibility index (Phi) is 1.93. The average Bonchev–Trinajstić information content (AvgIpc) is 2.61. The highest BCUT2D eigenvalue weighted by Crippen LogP contribution is 2.41. The normalized spacial score (nSPS) is 41.6. The van der Waals surface area contributed by atoms with Gasteiger partial charge in [0, 0.05) is 17.8 Å². The zero-order chi connectivity index (χ0) is 8.60. The van der Waals surface area contributed by atoms with Crippen LogP contribution in [-0.4, -0.2) is 41.0 Å². The number of fused-ring (bicyclic) bond motifs is 1. The van der Waals surface area contributed by atoms with Gasteiger partial charge >= 0.3 is 0 Å². The molecule has 2 atom stereocenters. The lowest BCUT2D eigenvalue weighted by Crippen LogP contribution is -2.45. The zero-order valence-corrected chi connectivity index (χ0v) is 7.29. The molecular formula is C9H16N2O. The van der Waals surface area contributed by atoms with Crippen LogP contribution in [0.25, 0.3) is 0 Å². The van der Waals surface area contributed by atoms with Crippen LogP contribution in [-0.2, 0) is 0 Å². The van der Waals surface area contributed by atoms with Crippen molar-refractivity contribution < 1.29 is 5.11 Å². The highest BCUT2D eigenvalue weighted by Gasteiger charge is 2.47. The molecule has 0 aromatic rings. The van der Waals surface area contributed by atoms with Crippen molar-refractivity contribution in [2.24, 2.45) is 0 Å². The fourth-order valence-corrected chi connectivity index (χ4v) is 2.74. The molecule has 0 amide bonds. The van der Waals surface area contributed by atoms with Gasteiger partial charge in [-0.1, -0.05) is 0 Å². The van der Waals surface area contributed by atoms with Gasteiger partial charge < -0.3 is 10.5 Å². The number of aliphatic hydroxyl groups is 1. The summed E-state index contributed by atoms with van der Waals surface area (Å²) in [6.45, 7) is 1.35. The second kappa shape index (κ2) is 2.82. The SMILES string of the molecule is N=C[C@@H]1CC[C@]2(CO)CCCN12. The number of rotatable bonds is 2. The standard InChI is InChI=1S/C9H16N2O/c10-6-8-2-4-9(7-12)3-1-5-11(8)9/h6,8,10,12H,1-5,7H2/t8-,9-/m0/s1. The molecule has 0 aliphatic carbocycles. The summed E-state index contributed by atoms with van der Waals surface area (Å²) in [7, 11) is 0. The molecule has 2 fully saturated rings. The first-order valence-electron chi connectivity index (χ1n) is 4.71. The van der Waals surface area contributed by atoms with Crippen molar-refractivity contribution in [1.82, 2.24) is 4.90 Å². The summed E-state index contributed by atoms with van der Waals surface area (Å²) < 4.78 is 0. The first-order valence-corrected chi connectivity index (χ1v) is 4.71. The van der Waals surface area contributed by atoms with Crippen molar-refractivity contribution in [1.29, 1.82) is 5.41 Å². The topological polar surface area (TPSA) is 47.3 Å². The predicted molar refractivity (Wildman–Crippen MR) is 47.6 cm³/mol. The molecule has 0 bridgehead atoms. The summed E-state index contributed by atoms with van der Waals surface area (Å²) in [6, 6.07) is 0.305. The molecule has 12 heavy (non-hydrogen) atoms. The smallest absolute Gasteiger partial charge is 0.0615 e. The van der Waals surface area contributed by atoms with Crippen LogP contribution < -0.4 is 0 Å². The molecule has 2 saturated heterocycles. The second-order valence-electron chi connectivity index (χ2n) is 3.95. The van der Waals surface area contributed by atoms with E-state index >= 15 is 0 Å². The van der Waals surface area contributed by atoms with E-state index in [9.17, 15) is 5.11 Å². The number of aliphatic hydroxyl groups excluding tert-OH is 1. The van der Waals surface area contributed by atoms with Crippen molar-refractivity contribution >= 4 is 6.21 Å². The van der Waals surface area contributed by atoms with Crippen LogP contribution in [0.5, 0.6) is 0 Å². The molecule has 3 heteroatoms. The van der Waals surface area contributed by atoms with Gasteiger partial charge in [0.15, 0.2) is 0 Å². The third-order valence-electron chi connectivity index (χ3n) is 3.44. The minimum absolute atomic E-state index is 0.0578. The highest BCUT2D eigenvalue weighted by atomic mass is 16.3. The Morgan fingerprint density at radius 2 is 2.42 bits per heavy atom. The van der Waals surface area contributed by atoms with E-state index in [0.29, 0.717) is 6.04 Å². The molecule has 0 saturated carbocycles.